The third-order valence-electron chi connectivity index (χ3n) is 4.62. The van der Waals surface area contributed by atoms with E-state index in [9.17, 15) is 9.59 Å². The summed E-state index contributed by atoms with van der Waals surface area (Å²) < 4.78 is 5.78. The van der Waals surface area contributed by atoms with E-state index in [-0.39, 0.29) is 17.0 Å². The maximum absolute atomic E-state index is 12.9. The number of hydrogen-bond acceptors (Lipinski definition) is 4. The highest BCUT2D eigenvalue weighted by Gasteiger charge is 2.16. The van der Waals surface area contributed by atoms with E-state index < -0.39 is 0 Å². The smallest absolute Gasteiger partial charge is 0.253 e. The molecule has 0 bridgehead atoms. The first-order valence-electron chi connectivity index (χ1n) is 8.80. The normalized spacial score (nSPS) is 11.1. The first-order chi connectivity index (χ1) is 13.4. The molecule has 28 heavy (non-hydrogen) atoms. The molecule has 4 rings (SSSR count). The SMILES string of the molecule is Cc1ccc2oc3nc(C)c(C(=O)NCc4ccc(Cl)cc4)cc3c(=O)c2c1. The number of amides is 1. The van der Waals surface area contributed by atoms with Crippen molar-refractivity contribution in [3.05, 3.63) is 86.2 Å². The van der Waals surface area contributed by atoms with Crippen LogP contribution < -0.4 is 10.7 Å². The molecule has 0 fully saturated rings. The number of carbonyl (C=O) groups excluding carboxylic acids is 1. The Balaban J connectivity index is 1.72. The highest BCUT2D eigenvalue weighted by atomic mass is 35.5. The van der Waals surface area contributed by atoms with Gasteiger partial charge in [-0.2, -0.15) is 0 Å². The molecule has 0 aliphatic carbocycles. The number of halogens is 1. The fourth-order valence-electron chi connectivity index (χ4n) is 3.09. The molecule has 1 N–H and O–H groups in total. The summed E-state index contributed by atoms with van der Waals surface area (Å²) in [5, 5.41) is 4.26. The second-order valence-corrected chi connectivity index (χ2v) is 7.15. The number of hydrogen-bond donors (Lipinski definition) is 1. The van der Waals surface area contributed by atoms with Gasteiger partial charge in [-0.1, -0.05) is 35.4 Å². The van der Waals surface area contributed by atoms with Crippen LogP contribution in [0.2, 0.25) is 5.02 Å². The Kier molecular flexibility index (Phi) is 4.61. The number of nitrogens with zero attached hydrogens (tertiary/aromatic N) is 1. The molecule has 1 amide bonds. The predicted octanol–water partition coefficient (Wildman–Crippen LogP) is 4.54. The molecule has 2 aromatic carbocycles. The standard InChI is InChI=1S/C22H17ClN2O3/c1-12-3-8-19-17(9-12)20(26)18-10-16(13(2)25-22(18)28-19)21(27)24-11-14-4-6-15(23)7-5-14/h3-10H,11H2,1-2H3,(H,24,27). The zero-order valence-electron chi connectivity index (χ0n) is 15.4. The van der Waals surface area contributed by atoms with Crippen LogP contribution in [-0.4, -0.2) is 10.9 Å². The average Bonchev–Trinajstić information content (AvgIpc) is 2.68. The van der Waals surface area contributed by atoms with Crippen molar-refractivity contribution >= 4 is 39.6 Å². The fraction of sp³-hybridized carbons (Fsp3) is 0.136. The number of benzene rings is 2. The summed E-state index contributed by atoms with van der Waals surface area (Å²) in [7, 11) is 0. The number of carbonyl (C=O) groups is 1. The number of fused-ring (bicyclic) bond motifs is 2. The van der Waals surface area contributed by atoms with Gasteiger partial charge in [0.2, 0.25) is 11.1 Å². The lowest BCUT2D eigenvalue weighted by atomic mass is 10.1. The molecule has 4 aromatic rings. The van der Waals surface area contributed by atoms with Gasteiger partial charge in [-0.3, -0.25) is 9.59 Å². The van der Waals surface area contributed by atoms with Gasteiger partial charge in [0.25, 0.3) is 5.91 Å². The predicted molar refractivity (Wildman–Crippen MR) is 110 cm³/mol. The summed E-state index contributed by atoms with van der Waals surface area (Å²) in [4.78, 5) is 29.9. The molecule has 140 valence electrons. The summed E-state index contributed by atoms with van der Waals surface area (Å²) in [6, 6.07) is 14.2. The van der Waals surface area contributed by atoms with Crippen LogP contribution in [0.5, 0.6) is 0 Å². The Morgan fingerprint density at radius 1 is 1.07 bits per heavy atom. The molecule has 0 aliphatic rings. The van der Waals surface area contributed by atoms with Crippen molar-refractivity contribution in [1.82, 2.24) is 10.3 Å². The van der Waals surface area contributed by atoms with E-state index >= 15 is 0 Å². The lowest BCUT2D eigenvalue weighted by Gasteiger charge is -2.09. The Labute approximate surface area is 166 Å². The molecule has 0 saturated heterocycles. The second kappa shape index (κ2) is 7.09. The molecule has 5 nitrogen and oxygen atoms in total. The molecular formula is C22H17ClN2O3. The zero-order chi connectivity index (χ0) is 19.8. The van der Waals surface area contributed by atoms with Crippen LogP contribution in [0.15, 0.2) is 57.7 Å². The van der Waals surface area contributed by atoms with E-state index in [0.717, 1.165) is 11.1 Å². The zero-order valence-corrected chi connectivity index (χ0v) is 16.1. The molecule has 0 saturated carbocycles. The second-order valence-electron chi connectivity index (χ2n) is 6.71. The molecule has 0 spiro atoms. The van der Waals surface area contributed by atoms with Gasteiger partial charge in [-0.15, -0.1) is 0 Å². The van der Waals surface area contributed by atoms with Gasteiger partial charge in [0.05, 0.1) is 22.0 Å². The Hall–Kier alpha value is -3.18. The number of pyridine rings is 1. The van der Waals surface area contributed by atoms with E-state index in [0.29, 0.717) is 39.2 Å². The van der Waals surface area contributed by atoms with Crippen LogP contribution in [-0.2, 0) is 6.54 Å². The lowest BCUT2D eigenvalue weighted by molar-refractivity contribution is 0.0950. The van der Waals surface area contributed by atoms with Crippen molar-refractivity contribution in [1.29, 1.82) is 0 Å². The van der Waals surface area contributed by atoms with E-state index in [2.05, 4.69) is 10.3 Å². The molecule has 0 aliphatic heterocycles. The van der Waals surface area contributed by atoms with Gasteiger partial charge in [0, 0.05) is 11.6 Å². The number of aromatic nitrogens is 1. The third kappa shape index (κ3) is 3.37. The highest BCUT2D eigenvalue weighted by Crippen LogP contribution is 2.20. The van der Waals surface area contributed by atoms with Crippen molar-refractivity contribution in [2.75, 3.05) is 0 Å². The van der Waals surface area contributed by atoms with Crippen LogP contribution in [0.3, 0.4) is 0 Å². The summed E-state index contributed by atoms with van der Waals surface area (Å²) in [5.74, 6) is -0.300. The maximum atomic E-state index is 12.9. The van der Waals surface area contributed by atoms with Crippen molar-refractivity contribution in [2.45, 2.75) is 20.4 Å². The lowest BCUT2D eigenvalue weighted by Crippen LogP contribution is -2.24. The van der Waals surface area contributed by atoms with Crippen molar-refractivity contribution in [3.63, 3.8) is 0 Å². The van der Waals surface area contributed by atoms with Crippen molar-refractivity contribution in [2.24, 2.45) is 0 Å². The highest BCUT2D eigenvalue weighted by molar-refractivity contribution is 6.30. The van der Waals surface area contributed by atoms with Gasteiger partial charge in [-0.05, 0) is 49.7 Å². The van der Waals surface area contributed by atoms with E-state index in [1.807, 2.05) is 25.1 Å². The topological polar surface area (TPSA) is 72.2 Å². The van der Waals surface area contributed by atoms with Crippen LogP contribution in [0.1, 0.15) is 27.2 Å². The van der Waals surface area contributed by atoms with E-state index in [1.165, 1.54) is 0 Å². The first-order valence-corrected chi connectivity index (χ1v) is 9.17. The number of nitrogens with one attached hydrogen (secondary N) is 1. The van der Waals surface area contributed by atoms with Gasteiger partial charge in [0.1, 0.15) is 5.58 Å². The monoisotopic (exact) mass is 392 g/mol. The number of aryl methyl sites for hydroxylation is 2. The first kappa shape index (κ1) is 18.2. The van der Waals surface area contributed by atoms with E-state index in [1.54, 1.807) is 37.3 Å². The molecule has 2 aromatic heterocycles. The Morgan fingerprint density at radius 2 is 1.82 bits per heavy atom. The minimum absolute atomic E-state index is 0.195. The van der Waals surface area contributed by atoms with Gasteiger partial charge in [-0.25, -0.2) is 4.98 Å². The molecule has 2 heterocycles. The Morgan fingerprint density at radius 3 is 2.57 bits per heavy atom. The van der Waals surface area contributed by atoms with Crippen LogP contribution in [0.25, 0.3) is 22.1 Å². The van der Waals surface area contributed by atoms with Crippen LogP contribution >= 0.6 is 11.6 Å². The number of rotatable bonds is 3. The van der Waals surface area contributed by atoms with Gasteiger partial charge in [0.15, 0.2) is 0 Å². The molecule has 0 unspecified atom stereocenters. The summed E-state index contributed by atoms with van der Waals surface area (Å²) >= 11 is 5.88. The maximum Gasteiger partial charge on any atom is 0.253 e. The minimum Gasteiger partial charge on any atom is -0.437 e. The fourth-order valence-corrected chi connectivity index (χ4v) is 3.22. The molecule has 0 atom stereocenters. The van der Waals surface area contributed by atoms with Crippen LogP contribution in [0, 0.1) is 13.8 Å². The summed E-state index contributed by atoms with van der Waals surface area (Å²) in [6.07, 6.45) is 0. The van der Waals surface area contributed by atoms with Crippen LogP contribution in [0.4, 0.5) is 0 Å². The largest absolute Gasteiger partial charge is 0.437 e. The third-order valence-corrected chi connectivity index (χ3v) is 4.87. The molecule has 0 radical (unpaired) electrons. The Bertz CT molecular complexity index is 1280. The van der Waals surface area contributed by atoms with Gasteiger partial charge >= 0.3 is 0 Å². The van der Waals surface area contributed by atoms with E-state index in [4.69, 9.17) is 16.0 Å². The summed E-state index contributed by atoms with van der Waals surface area (Å²) in [5.41, 5.74) is 3.24. The summed E-state index contributed by atoms with van der Waals surface area (Å²) in [6.45, 7) is 3.97. The minimum atomic E-state index is -0.300. The quantitative estimate of drug-likeness (QED) is 0.519. The average molecular weight is 393 g/mol. The molecule has 6 heteroatoms. The van der Waals surface area contributed by atoms with Crippen molar-refractivity contribution in [3.8, 4) is 0 Å². The van der Waals surface area contributed by atoms with Crippen molar-refractivity contribution < 1.29 is 9.21 Å². The molecular weight excluding hydrogens is 376 g/mol. The van der Waals surface area contributed by atoms with Gasteiger partial charge < -0.3 is 9.73 Å².